The number of rotatable bonds is 2. The van der Waals surface area contributed by atoms with E-state index >= 15 is 0 Å². The van der Waals surface area contributed by atoms with Gasteiger partial charge in [0, 0.05) is 17.3 Å². The summed E-state index contributed by atoms with van der Waals surface area (Å²) >= 11 is 0. The third kappa shape index (κ3) is 1.74. The monoisotopic (exact) mass is 199 g/mol. The zero-order chi connectivity index (χ0) is 10.8. The Labute approximate surface area is 91.2 Å². The smallest absolute Gasteiger partial charge is 0.0479 e. The van der Waals surface area contributed by atoms with Gasteiger partial charge in [0.2, 0.25) is 0 Å². The molecular formula is C14H17N. The van der Waals surface area contributed by atoms with Gasteiger partial charge in [-0.15, -0.1) is 0 Å². The molecule has 0 saturated heterocycles. The van der Waals surface area contributed by atoms with Gasteiger partial charge in [-0.3, -0.25) is 4.98 Å². The molecule has 1 aromatic heterocycles. The van der Waals surface area contributed by atoms with Crippen LogP contribution in [0, 0.1) is 0 Å². The highest BCUT2D eigenvalue weighted by Gasteiger charge is 2.07. The van der Waals surface area contributed by atoms with Crippen molar-refractivity contribution in [2.24, 2.45) is 0 Å². The molecule has 0 aliphatic carbocycles. The van der Waals surface area contributed by atoms with Crippen LogP contribution in [0.5, 0.6) is 0 Å². The maximum absolute atomic E-state index is 4.55. The van der Waals surface area contributed by atoms with Gasteiger partial charge in [0.05, 0.1) is 0 Å². The molecule has 0 atom stereocenters. The summed E-state index contributed by atoms with van der Waals surface area (Å²) in [4.78, 5) is 4.55. The Kier molecular flexibility index (Phi) is 2.72. The summed E-state index contributed by atoms with van der Waals surface area (Å²) in [6.45, 7) is 6.59. The summed E-state index contributed by atoms with van der Waals surface area (Å²) < 4.78 is 0. The first-order valence-corrected chi connectivity index (χ1v) is 5.60. The number of hydrogen-bond donors (Lipinski definition) is 0. The second-order valence-corrected chi connectivity index (χ2v) is 4.21. The quantitative estimate of drug-likeness (QED) is 0.714. The van der Waals surface area contributed by atoms with Gasteiger partial charge in [-0.05, 0) is 23.3 Å². The van der Waals surface area contributed by atoms with E-state index in [0.717, 1.165) is 6.42 Å². The van der Waals surface area contributed by atoms with Crippen LogP contribution in [0.4, 0.5) is 0 Å². The van der Waals surface area contributed by atoms with E-state index in [4.69, 9.17) is 0 Å². The average Bonchev–Trinajstić information content (AvgIpc) is 2.27. The Morgan fingerprint density at radius 2 is 1.80 bits per heavy atom. The van der Waals surface area contributed by atoms with Crippen molar-refractivity contribution in [2.75, 3.05) is 0 Å². The summed E-state index contributed by atoms with van der Waals surface area (Å²) in [6.07, 6.45) is 3.03. The topological polar surface area (TPSA) is 12.9 Å². The zero-order valence-corrected chi connectivity index (χ0v) is 9.62. The summed E-state index contributed by atoms with van der Waals surface area (Å²) in [5.41, 5.74) is 2.55. The molecule has 0 bridgehead atoms. The van der Waals surface area contributed by atoms with Crippen LogP contribution in [0.25, 0.3) is 10.8 Å². The van der Waals surface area contributed by atoms with Crippen molar-refractivity contribution in [3.8, 4) is 0 Å². The molecule has 78 valence electrons. The van der Waals surface area contributed by atoms with Gasteiger partial charge in [-0.1, -0.05) is 45.0 Å². The maximum Gasteiger partial charge on any atom is 0.0479 e. The summed E-state index contributed by atoms with van der Waals surface area (Å²) in [5.74, 6) is 0.535. The molecule has 0 spiro atoms. The van der Waals surface area contributed by atoms with Crippen molar-refractivity contribution in [2.45, 2.75) is 33.1 Å². The zero-order valence-electron chi connectivity index (χ0n) is 9.62. The van der Waals surface area contributed by atoms with Crippen molar-refractivity contribution in [3.05, 3.63) is 41.7 Å². The number of hydrogen-bond acceptors (Lipinski definition) is 1. The fourth-order valence-electron chi connectivity index (χ4n) is 2.01. The molecule has 1 nitrogen and oxygen atoms in total. The molecule has 1 aromatic carbocycles. The van der Waals surface area contributed by atoms with Gasteiger partial charge in [0.15, 0.2) is 0 Å². The molecule has 2 aromatic rings. The highest BCUT2D eigenvalue weighted by atomic mass is 14.7. The molecule has 2 rings (SSSR count). The van der Waals surface area contributed by atoms with Crippen LogP contribution in [0.15, 0.2) is 30.5 Å². The third-order valence-electron chi connectivity index (χ3n) is 2.87. The first kappa shape index (κ1) is 10.2. The van der Waals surface area contributed by atoms with Gasteiger partial charge in [0.1, 0.15) is 0 Å². The molecule has 0 saturated carbocycles. The third-order valence-corrected chi connectivity index (χ3v) is 2.87. The molecule has 0 amide bonds. The molecule has 0 aliphatic rings. The average molecular weight is 199 g/mol. The van der Waals surface area contributed by atoms with Crippen LogP contribution in [0.1, 0.15) is 37.9 Å². The Balaban J connectivity index is 2.77. The van der Waals surface area contributed by atoms with Crippen molar-refractivity contribution in [3.63, 3.8) is 0 Å². The number of nitrogens with zero attached hydrogens (tertiary/aromatic N) is 1. The minimum Gasteiger partial charge on any atom is -0.260 e. The van der Waals surface area contributed by atoms with E-state index in [-0.39, 0.29) is 0 Å². The molecule has 0 N–H and O–H groups in total. The Morgan fingerprint density at radius 1 is 1.13 bits per heavy atom. The molecule has 1 heteroatoms. The number of pyridine rings is 1. The van der Waals surface area contributed by atoms with Crippen LogP contribution in [-0.4, -0.2) is 4.98 Å². The second kappa shape index (κ2) is 4.01. The van der Waals surface area contributed by atoms with E-state index in [0.29, 0.717) is 5.92 Å². The van der Waals surface area contributed by atoms with Crippen molar-refractivity contribution < 1.29 is 0 Å². The van der Waals surface area contributed by atoms with Gasteiger partial charge >= 0.3 is 0 Å². The number of aryl methyl sites for hydroxylation is 1. The van der Waals surface area contributed by atoms with Gasteiger partial charge in [0.25, 0.3) is 0 Å². The fourth-order valence-corrected chi connectivity index (χ4v) is 2.01. The Hall–Kier alpha value is -1.37. The normalized spacial score (nSPS) is 11.2. The minimum atomic E-state index is 0.535. The summed E-state index contributed by atoms with van der Waals surface area (Å²) in [7, 11) is 0. The number of fused-ring (bicyclic) bond motifs is 1. The SMILES string of the molecule is CCc1ncc(C(C)C)c2ccccc12. The first-order valence-electron chi connectivity index (χ1n) is 5.60. The predicted molar refractivity (Wildman–Crippen MR) is 65.2 cm³/mol. The lowest BCUT2D eigenvalue weighted by Gasteiger charge is -2.11. The second-order valence-electron chi connectivity index (χ2n) is 4.21. The van der Waals surface area contributed by atoms with E-state index in [1.807, 2.05) is 6.20 Å². The summed E-state index contributed by atoms with van der Waals surface area (Å²) in [5, 5.41) is 2.67. The van der Waals surface area contributed by atoms with Gasteiger partial charge < -0.3 is 0 Å². The number of benzene rings is 1. The molecule has 0 unspecified atom stereocenters. The standard InChI is InChI=1S/C14H17N/c1-4-14-12-8-6-5-7-11(12)13(9-15-14)10(2)3/h5-10H,4H2,1-3H3. The van der Waals surface area contributed by atoms with Crippen LogP contribution in [0.3, 0.4) is 0 Å². The largest absolute Gasteiger partial charge is 0.260 e. The maximum atomic E-state index is 4.55. The lowest BCUT2D eigenvalue weighted by Crippen LogP contribution is -1.96. The molecule has 15 heavy (non-hydrogen) atoms. The lowest BCUT2D eigenvalue weighted by molar-refractivity contribution is 0.864. The Morgan fingerprint density at radius 3 is 2.40 bits per heavy atom. The molecule has 0 fully saturated rings. The first-order chi connectivity index (χ1) is 7.24. The van der Waals surface area contributed by atoms with Crippen LogP contribution in [0.2, 0.25) is 0 Å². The molecule has 0 radical (unpaired) electrons. The number of aromatic nitrogens is 1. The highest BCUT2D eigenvalue weighted by Crippen LogP contribution is 2.26. The van der Waals surface area contributed by atoms with Crippen molar-refractivity contribution >= 4 is 10.8 Å². The molecular weight excluding hydrogens is 182 g/mol. The van der Waals surface area contributed by atoms with Crippen LogP contribution in [-0.2, 0) is 6.42 Å². The van der Waals surface area contributed by atoms with E-state index in [1.54, 1.807) is 0 Å². The van der Waals surface area contributed by atoms with E-state index in [1.165, 1.54) is 22.0 Å². The van der Waals surface area contributed by atoms with E-state index in [2.05, 4.69) is 50.0 Å². The minimum absolute atomic E-state index is 0.535. The fraction of sp³-hybridized carbons (Fsp3) is 0.357. The van der Waals surface area contributed by atoms with Gasteiger partial charge in [-0.25, -0.2) is 0 Å². The summed E-state index contributed by atoms with van der Waals surface area (Å²) in [6, 6.07) is 8.57. The molecule has 0 aliphatic heterocycles. The van der Waals surface area contributed by atoms with Crippen LogP contribution < -0.4 is 0 Å². The van der Waals surface area contributed by atoms with E-state index < -0.39 is 0 Å². The Bertz CT molecular complexity index is 472. The molecule has 1 heterocycles. The van der Waals surface area contributed by atoms with E-state index in [9.17, 15) is 0 Å². The highest BCUT2D eigenvalue weighted by molar-refractivity contribution is 5.87. The lowest BCUT2D eigenvalue weighted by atomic mass is 9.97. The van der Waals surface area contributed by atoms with Gasteiger partial charge in [-0.2, -0.15) is 0 Å². The van der Waals surface area contributed by atoms with Crippen molar-refractivity contribution in [1.29, 1.82) is 0 Å². The van der Waals surface area contributed by atoms with Crippen molar-refractivity contribution in [1.82, 2.24) is 4.98 Å². The predicted octanol–water partition coefficient (Wildman–Crippen LogP) is 3.92. The van der Waals surface area contributed by atoms with Crippen LogP contribution >= 0.6 is 0 Å².